The van der Waals surface area contributed by atoms with Gasteiger partial charge in [0.1, 0.15) is 0 Å². The molecule has 94 valence electrons. The van der Waals surface area contributed by atoms with Crippen LogP contribution in [-0.2, 0) is 6.61 Å². The van der Waals surface area contributed by atoms with E-state index in [0.717, 1.165) is 12.1 Å². The molecule has 2 N–H and O–H groups in total. The summed E-state index contributed by atoms with van der Waals surface area (Å²) in [4.78, 5) is 2.52. The Kier molecular flexibility index (Phi) is 4.54. The van der Waals surface area contributed by atoms with Crippen molar-refractivity contribution in [3.05, 3.63) is 35.4 Å². The van der Waals surface area contributed by atoms with Crippen LogP contribution in [0.25, 0.3) is 0 Å². The van der Waals surface area contributed by atoms with Crippen molar-refractivity contribution in [3.8, 4) is 0 Å². The number of rotatable bonds is 5. The molecular weight excluding hydrogens is 212 g/mol. The highest BCUT2D eigenvalue weighted by molar-refractivity contribution is 5.24. The van der Waals surface area contributed by atoms with Crippen molar-refractivity contribution >= 4 is 0 Å². The van der Waals surface area contributed by atoms with Crippen LogP contribution in [0.4, 0.5) is 0 Å². The maximum atomic E-state index is 9.03. The molecule has 1 heterocycles. The van der Waals surface area contributed by atoms with Gasteiger partial charge in [0.2, 0.25) is 0 Å². The normalized spacial score (nSPS) is 18.5. The zero-order valence-electron chi connectivity index (χ0n) is 10.5. The van der Waals surface area contributed by atoms with Gasteiger partial charge in [-0.25, -0.2) is 0 Å². The second-order valence-electron chi connectivity index (χ2n) is 4.75. The van der Waals surface area contributed by atoms with Crippen LogP contribution >= 0.6 is 0 Å². The lowest BCUT2D eigenvalue weighted by molar-refractivity contribution is 0.281. The molecule has 2 rings (SSSR count). The van der Waals surface area contributed by atoms with Crippen LogP contribution < -0.4 is 5.32 Å². The molecule has 0 aromatic heterocycles. The van der Waals surface area contributed by atoms with Crippen molar-refractivity contribution in [2.75, 3.05) is 26.7 Å². The largest absolute Gasteiger partial charge is 0.392 e. The Hall–Kier alpha value is -0.900. The maximum absolute atomic E-state index is 9.03. The van der Waals surface area contributed by atoms with E-state index in [4.69, 9.17) is 5.11 Å². The van der Waals surface area contributed by atoms with E-state index in [9.17, 15) is 0 Å². The summed E-state index contributed by atoms with van der Waals surface area (Å²) in [6.07, 6.45) is 2.67. The molecule has 0 radical (unpaired) electrons. The lowest BCUT2D eigenvalue weighted by Gasteiger charge is -2.23. The molecule has 17 heavy (non-hydrogen) atoms. The van der Waals surface area contributed by atoms with E-state index >= 15 is 0 Å². The maximum Gasteiger partial charge on any atom is 0.0681 e. The van der Waals surface area contributed by atoms with Gasteiger partial charge in [-0.15, -0.1) is 0 Å². The smallest absolute Gasteiger partial charge is 0.0681 e. The summed E-state index contributed by atoms with van der Waals surface area (Å²) < 4.78 is 0. The molecule has 0 aliphatic carbocycles. The molecule has 1 fully saturated rings. The fourth-order valence-corrected chi connectivity index (χ4v) is 2.44. The van der Waals surface area contributed by atoms with Gasteiger partial charge < -0.3 is 15.3 Å². The van der Waals surface area contributed by atoms with Crippen LogP contribution in [0.5, 0.6) is 0 Å². The summed E-state index contributed by atoms with van der Waals surface area (Å²) in [5, 5.41) is 12.4. The predicted molar refractivity (Wildman–Crippen MR) is 69.8 cm³/mol. The first-order valence-electron chi connectivity index (χ1n) is 6.43. The number of nitrogens with zero attached hydrogens (tertiary/aromatic N) is 1. The molecular formula is C14H22N2O. The fraction of sp³-hybridized carbons (Fsp3) is 0.571. The van der Waals surface area contributed by atoms with Crippen LogP contribution in [0.1, 0.15) is 30.0 Å². The third-order valence-electron chi connectivity index (χ3n) is 3.55. The van der Waals surface area contributed by atoms with Crippen LogP contribution in [0, 0.1) is 0 Å². The highest BCUT2D eigenvalue weighted by atomic mass is 16.3. The van der Waals surface area contributed by atoms with Crippen LogP contribution in [0.3, 0.4) is 0 Å². The van der Waals surface area contributed by atoms with E-state index in [2.05, 4.69) is 22.3 Å². The van der Waals surface area contributed by atoms with Gasteiger partial charge in [-0.05, 0) is 44.1 Å². The topological polar surface area (TPSA) is 35.5 Å². The summed E-state index contributed by atoms with van der Waals surface area (Å²) in [5.74, 6) is 0. The minimum absolute atomic E-state index is 0.122. The van der Waals surface area contributed by atoms with Crippen molar-refractivity contribution < 1.29 is 5.11 Å². The molecule has 0 amide bonds. The molecule has 1 aromatic carbocycles. The van der Waals surface area contributed by atoms with Crippen molar-refractivity contribution in [1.29, 1.82) is 0 Å². The fourth-order valence-electron chi connectivity index (χ4n) is 2.44. The number of hydrogen-bond donors (Lipinski definition) is 2. The molecule has 0 spiro atoms. The van der Waals surface area contributed by atoms with Crippen molar-refractivity contribution in [2.24, 2.45) is 0 Å². The number of hydrogen-bond acceptors (Lipinski definition) is 3. The van der Waals surface area contributed by atoms with Gasteiger partial charge in [0.15, 0.2) is 0 Å². The molecule has 1 saturated heterocycles. The minimum atomic E-state index is 0.122. The average molecular weight is 234 g/mol. The van der Waals surface area contributed by atoms with Gasteiger partial charge in [-0.1, -0.05) is 24.3 Å². The van der Waals surface area contributed by atoms with E-state index in [-0.39, 0.29) is 6.61 Å². The zero-order chi connectivity index (χ0) is 12.1. The third-order valence-corrected chi connectivity index (χ3v) is 3.55. The summed E-state index contributed by atoms with van der Waals surface area (Å²) in [7, 11) is 2.01. The summed E-state index contributed by atoms with van der Waals surface area (Å²) in [6.45, 7) is 3.66. The molecule has 3 heteroatoms. The second kappa shape index (κ2) is 6.15. The molecule has 0 saturated carbocycles. The molecule has 1 aromatic rings. The lowest BCUT2D eigenvalue weighted by Crippen LogP contribution is -2.31. The van der Waals surface area contributed by atoms with Gasteiger partial charge in [0, 0.05) is 12.6 Å². The molecule has 1 atom stereocenters. The lowest BCUT2D eigenvalue weighted by atomic mass is 10.0. The number of aliphatic hydroxyl groups excluding tert-OH is 1. The van der Waals surface area contributed by atoms with E-state index in [0.29, 0.717) is 6.04 Å². The molecule has 1 aliphatic heterocycles. The molecule has 3 nitrogen and oxygen atoms in total. The highest BCUT2D eigenvalue weighted by Gasteiger charge is 2.17. The Morgan fingerprint density at radius 1 is 1.24 bits per heavy atom. The van der Waals surface area contributed by atoms with Crippen LogP contribution in [0.15, 0.2) is 24.3 Å². The van der Waals surface area contributed by atoms with E-state index in [1.807, 2.05) is 19.2 Å². The summed E-state index contributed by atoms with van der Waals surface area (Å²) >= 11 is 0. The summed E-state index contributed by atoms with van der Waals surface area (Å²) in [5.41, 5.74) is 2.28. The SMILES string of the molecule is CN[C@@H](CN1CCCC1)c1ccc(CO)cc1. The van der Waals surface area contributed by atoms with E-state index in [1.54, 1.807) is 0 Å². The Balaban J connectivity index is 2.00. The number of nitrogens with one attached hydrogen (secondary N) is 1. The van der Waals surface area contributed by atoms with Crippen molar-refractivity contribution in [3.63, 3.8) is 0 Å². The average Bonchev–Trinajstić information content (AvgIpc) is 2.89. The standard InChI is InChI=1S/C14H22N2O/c1-15-14(10-16-8-2-3-9-16)13-6-4-12(11-17)5-7-13/h4-7,14-15,17H,2-3,8-11H2,1H3/t14-/m0/s1. The predicted octanol–water partition coefficient (Wildman–Crippen LogP) is 1.54. The first-order valence-corrected chi connectivity index (χ1v) is 6.43. The summed E-state index contributed by atoms with van der Waals surface area (Å²) in [6, 6.07) is 8.62. The number of likely N-dealkylation sites (tertiary alicyclic amines) is 1. The first-order chi connectivity index (χ1) is 8.33. The Labute approximate surface area is 103 Å². The Morgan fingerprint density at radius 2 is 1.88 bits per heavy atom. The van der Waals surface area contributed by atoms with Crippen molar-refractivity contribution in [1.82, 2.24) is 10.2 Å². The molecule has 0 unspecified atom stereocenters. The van der Waals surface area contributed by atoms with Gasteiger partial charge in [0.25, 0.3) is 0 Å². The van der Waals surface area contributed by atoms with Crippen LogP contribution in [-0.4, -0.2) is 36.7 Å². The second-order valence-corrected chi connectivity index (χ2v) is 4.75. The van der Waals surface area contributed by atoms with E-state index in [1.165, 1.54) is 31.5 Å². The van der Waals surface area contributed by atoms with Gasteiger partial charge >= 0.3 is 0 Å². The Bertz CT molecular complexity index is 331. The quantitative estimate of drug-likeness (QED) is 0.811. The van der Waals surface area contributed by atoms with Gasteiger partial charge in [0.05, 0.1) is 6.61 Å². The molecule has 1 aliphatic rings. The van der Waals surface area contributed by atoms with Gasteiger partial charge in [-0.3, -0.25) is 0 Å². The zero-order valence-corrected chi connectivity index (χ0v) is 10.5. The number of aliphatic hydroxyl groups is 1. The number of likely N-dealkylation sites (N-methyl/N-ethyl adjacent to an activating group) is 1. The van der Waals surface area contributed by atoms with Crippen LogP contribution in [0.2, 0.25) is 0 Å². The minimum Gasteiger partial charge on any atom is -0.392 e. The van der Waals surface area contributed by atoms with E-state index < -0.39 is 0 Å². The first kappa shape index (κ1) is 12.6. The molecule has 0 bridgehead atoms. The Morgan fingerprint density at radius 3 is 2.41 bits per heavy atom. The van der Waals surface area contributed by atoms with Gasteiger partial charge in [-0.2, -0.15) is 0 Å². The third kappa shape index (κ3) is 3.28. The van der Waals surface area contributed by atoms with Crippen molar-refractivity contribution in [2.45, 2.75) is 25.5 Å². The monoisotopic (exact) mass is 234 g/mol. The highest BCUT2D eigenvalue weighted by Crippen LogP contribution is 2.18. The number of benzene rings is 1.